The second kappa shape index (κ2) is 64.9. The van der Waals surface area contributed by atoms with Crippen LogP contribution in [0.2, 0.25) is 0 Å². The van der Waals surface area contributed by atoms with E-state index in [1.807, 2.05) is 0 Å². The van der Waals surface area contributed by atoms with Crippen molar-refractivity contribution in [1.82, 2.24) is 5.32 Å². The molecule has 0 saturated carbocycles. The van der Waals surface area contributed by atoms with Crippen LogP contribution in [-0.4, -0.2) is 47.4 Å². The minimum absolute atomic E-state index is 0.0101. The number of carbonyl (C=O) groups excluding carboxylic acids is 2. The molecule has 0 aliphatic carbocycles. The molecule has 3 N–H and O–H groups in total. The normalized spacial score (nSPS) is 12.6. The highest BCUT2D eigenvalue weighted by atomic mass is 16.5. The van der Waals surface area contributed by atoms with E-state index in [0.29, 0.717) is 25.9 Å². The molecule has 0 aliphatic rings. The van der Waals surface area contributed by atoms with Crippen molar-refractivity contribution in [3.05, 3.63) is 24.3 Å². The molecule has 0 aromatic carbocycles. The molecule has 0 radical (unpaired) electrons. The zero-order valence-electron chi connectivity index (χ0n) is 50.8. The van der Waals surface area contributed by atoms with E-state index >= 15 is 0 Å². The van der Waals surface area contributed by atoms with E-state index in [2.05, 4.69) is 43.5 Å². The topological polar surface area (TPSA) is 95.9 Å². The Hall–Kier alpha value is -1.66. The number of allylic oxidation sites excluding steroid dienone is 4. The van der Waals surface area contributed by atoms with Gasteiger partial charge in [0, 0.05) is 12.8 Å². The summed E-state index contributed by atoms with van der Waals surface area (Å²) in [7, 11) is 0. The first kappa shape index (κ1) is 73.3. The molecular weight excluding hydrogens is 923 g/mol. The maximum Gasteiger partial charge on any atom is 0.305 e. The van der Waals surface area contributed by atoms with E-state index in [1.54, 1.807) is 0 Å². The molecule has 0 aromatic rings. The number of carbonyl (C=O) groups is 2. The maximum atomic E-state index is 12.5. The lowest BCUT2D eigenvalue weighted by Crippen LogP contribution is -2.45. The summed E-state index contributed by atoms with van der Waals surface area (Å²) in [5.41, 5.74) is 0. The van der Waals surface area contributed by atoms with Crippen LogP contribution in [-0.2, 0) is 14.3 Å². The number of hydrogen-bond donors (Lipinski definition) is 3. The van der Waals surface area contributed by atoms with Gasteiger partial charge in [0.15, 0.2) is 0 Å². The number of aliphatic hydroxyl groups is 2. The van der Waals surface area contributed by atoms with Gasteiger partial charge in [0.05, 0.1) is 25.4 Å². The molecule has 0 rings (SSSR count). The molecule has 6 nitrogen and oxygen atoms in total. The van der Waals surface area contributed by atoms with Crippen molar-refractivity contribution in [3.63, 3.8) is 0 Å². The second-order valence-corrected chi connectivity index (χ2v) is 23.5. The monoisotopic (exact) mass is 1060 g/mol. The summed E-state index contributed by atoms with van der Waals surface area (Å²) in [6.07, 6.45) is 80.7. The van der Waals surface area contributed by atoms with Crippen LogP contribution in [0.1, 0.15) is 380 Å². The Labute approximate surface area is 469 Å². The number of unbranched alkanes of at least 4 members (excludes halogenated alkanes) is 50. The first-order valence-electron chi connectivity index (χ1n) is 34.1. The minimum atomic E-state index is -0.673. The van der Waals surface area contributed by atoms with Crippen LogP contribution in [0.25, 0.3) is 0 Å². The molecule has 0 aliphatic heterocycles. The third-order valence-corrected chi connectivity index (χ3v) is 16.0. The Bertz CT molecular complexity index is 1170. The third-order valence-electron chi connectivity index (χ3n) is 16.0. The van der Waals surface area contributed by atoms with Crippen LogP contribution in [0.4, 0.5) is 0 Å². The fraction of sp³-hybridized carbons (Fsp3) is 0.913. The van der Waals surface area contributed by atoms with Gasteiger partial charge in [-0.2, -0.15) is 0 Å². The molecule has 1 amide bonds. The lowest BCUT2D eigenvalue weighted by Gasteiger charge is -2.22. The van der Waals surface area contributed by atoms with E-state index < -0.39 is 12.1 Å². The van der Waals surface area contributed by atoms with E-state index in [0.717, 1.165) is 70.6 Å². The van der Waals surface area contributed by atoms with Crippen molar-refractivity contribution < 1.29 is 24.5 Å². The number of hydrogen-bond acceptors (Lipinski definition) is 5. The molecule has 0 bridgehead atoms. The van der Waals surface area contributed by atoms with Gasteiger partial charge < -0.3 is 20.3 Å². The average Bonchev–Trinajstić information content (AvgIpc) is 3.41. The lowest BCUT2D eigenvalue weighted by molar-refractivity contribution is -0.143. The summed E-state index contributed by atoms with van der Waals surface area (Å²) in [4.78, 5) is 24.6. The summed E-state index contributed by atoms with van der Waals surface area (Å²) in [6, 6.07) is -0.551. The van der Waals surface area contributed by atoms with Crippen LogP contribution in [0.5, 0.6) is 0 Å². The van der Waals surface area contributed by atoms with E-state index in [9.17, 15) is 19.8 Å². The summed E-state index contributed by atoms with van der Waals surface area (Å²) < 4.78 is 5.46. The predicted octanol–water partition coefficient (Wildman–Crippen LogP) is 21.8. The Balaban J connectivity index is 3.45. The molecule has 0 aromatic heterocycles. The summed E-state index contributed by atoms with van der Waals surface area (Å²) in [6.45, 7) is 4.95. The largest absolute Gasteiger partial charge is 0.466 e. The smallest absolute Gasteiger partial charge is 0.305 e. The number of esters is 1. The van der Waals surface area contributed by atoms with Crippen LogP contribution >= 0.6 is 0 Å². The summed E-state index contributed by atoms with van der Waals surface area (Å²) in [5.74, 6) is -0.0504. The van der Waals surface area contributed by atoms with Crippen LogP contribution in [0.3, 0.4) is 0 Å². The average molecular weight is 1060 g/mol. The second-order valence-electron chi connectivity index (χ2n) is 23.5. The van der Waals surface area contributed by atoms with Crippen molar-refractivity contribution in [2.24, 2.45) is 0 Å². The molecule has 6 heteroatoms. The molecular formula is C69H133NO5. The molecule has 2 atom stereocenters. The Morgan fingerprint density at radius 2 is 0.653 bits per heavy atom. The number of rotatable bonds is 64. The standard InChI is InChI=1S/C69H133NO5/c1-3-5-7-9-11-13-15-17-19-20-21-22-23-24-25-26-28-31-34-37-41-45-49-53-57-61-67(72)66(65-71)70-68(73)62-58-54-50-46-42-38-35-32-29-27-30-33-36-40-44-48-52-56-60-64-75-69(74)63-59-55-51-47-43-39-18-16-14-12-10-8-6-4-2/h33,36,40,44,66-67,71-72H,3-32,34-35,37-39,41-43,45-65H2,1-2H3,(H,70,73)/b36-33-,44-40-. The first-order valence-corrected chi connectivity index (χ1v) is 34.1. The molecule has 0 spiro atoms. The fourth-order valence-corrected chi connectivity index (χ4v) is 10.8. The van der Waals surface area contributed by atoms with Crippen LogP contribution in [0, 0.1) is 0 Å². The molecule has 444 valence electrons. The van der Waals surface area contributed by atoms with Gasteiger partial charge in [-0.05, 0) is 57.8 Å². The van der Waals surface area contributed by atoms with Gasteiger partial charge in [0.2, 0.25) is 5.91 Å². The van der Waals surface area contributed by atoms with E-state index in [1.165, 1.54) is 276 Å². The van der Waals surface area contributed by atoms with E-state index in [4.69, 9.17) is 4.74 Å². The highest BCUT2D eigenvalue weighted by molar-refractivity contribution is 5.76. The first-order chi connectivity index (χ1) is 37.0. The van der Waals surface area contributed by atoms with Crippen molar-refractivity contribution in [1.29, 1.82) is 0 Å². The van der Waals surface area contributed by atoms with Gasteiger partial charge in [-0.25, -0.2) is 0 Å². The number of amides is 1. The Morgan fingerprint density at radius 3 is 0.987 bits per heavy atom. The molecule has 0 saturated heterocycles. The van der Waals surface area contributed by atoms with Gasteiger partial charge in [0.25, 0.3) is 0 Å². The number of nitrogens with one attached hydrogen (secondary N) is 1. The molecule has 0 fully saturated rings. The van der Waals surface area contributed by atoms with Crippen LogP contribution < -0.4 is 5.32 Å². The molecule has 75 heavy (non-hydrogen) atoms. The van der Waals surface area contributed by atoms with Crippen molar-refractivity contribution in [2.75, 3.05) is 13.2 Å². The number of aliphatic hydroxyl groups excluding tert-OH is 2. The Morgan fingerprint density at radius 1 is 0.373 bits per heavy atom. The van der Waals surface area contributed by atoms with Crippen molar-refractivity contribution in [3.8, 4) is 0 Å². The highest BCUT2D eigenvalue weighted by Crippen LogP contribution is 2.19. The van der Waals surface area contributed by atoms with Gasteiger partial charge in [-0.3, -0.25) is 9.59 Å². The SMILES string of the molecule is CCCCCCCCCCCCCCCCCCCCCCCCCCCC(O)C(CO)NC(=O)CCCCCCCCCCCC/C=C\C=C/CCCCCOC(=O)CCCCCCCCCCCCCCCC. The van der Waals surface area contributed by atoms with Gasteiger partial charge in [0.1, 0.15) is 0 Å². The third kappa shape index (κ3) is 61.4. The predicted molar refractivity (Wildman–Crippen MR) is 329 cm³/mol. The lowest BCUT2D eigenvalue weighted by atomic mass is 10.0. The summed E-state index contributed by atoms with van der Waals surface area (Å²) >= 11 is 0. The van der Waals surface area contributed by atoms with Crippen molar-refractivity contribution >= 4 is 11.9 Å². The maximum absolute atomic E-state index is 12.5. The zero-order valence-corrected chi connectivity index (χ0v) is 50.8. The Kier molecular flexibility index (Phi) is 63.4. The van der Waals surface area contributed by atoms with Gasteiger partial charge in [-0.15, -0.1) is 0 Å². The zero-order chi connectivity index (χ0) is 54.3. The highest BCUT2D eigenvalue weighted by Gasteiger charge is 2.20. The fourth-order valence-electron chi connectivity index (χ4n) is 10.8. The number of ether oxygens (including phenoxy) is 1. The van der Waals surface area contributed by atoms with Crippen LogP contribution in [0.15, 0.2) is 24.3 Å². The minimum Gasteiger partial charge on any atom is -0.466 e. The summed E-state index contributed by atoms with van der Waals surface area (Å²) in [5, 5.41) is 23.4. The quantitative estimate of drug-likeness (QED) is 0.0320. The van der Waals surface area contributed by atoms with Gasteiger partial charge in [-0.1, -0.05) is 334 Å². The van der Waals surface area contributed by atoms with E-state index in [-0.39, 0.29) is 18.5 Å². The molecule has 2 unspecified atom stereocenters. The van der Waals surface area contributed by atoms with Crippen molar-refractivity contribution in [2.45, 2.75) is 392 Å². The molecule has 0 heterocycles. The van der Waals surface area contributed by atoms with Gasteiger partial charge >= 0.3 is 5.97 Å².